The highest BCUT2D eigenvalue weighted by Gasteiger charge is 2.30. The first-order valence-electron chi connectivity index (χ1n) is 11.5. The summed E-state index contributed by atoms with van der Waals surface area (Å²) in [6.45, 7) is 3.51. The molecule has 3 amide bonds. The van der Waals surface area contributed by atoms with Crippen molar-refractivity contribution < 1.29 is 29.5 Å². The van der Waals surface area contributed by atoms with Gasteiger partial charge in [-0.3, -0.25) is 19.6 Å². The number of carboxylic acid groups (broad SMARTS) is 1. The van der Waals surface area contributed by atoms with Crippen LogP contribution >= 0.6 is 0 Å². The molecule has 188 valence electrons. The molecule has 9 nitrogen and oxygen atoms in total. The van der Waals surface area contributed by atoms with Crippen molar-refractivity contribution in [3.8, 4) is 0 Å². The van der Waals surface area contributed by atoms with Crippen molar-refractivity contribution in [2.45, 2.75) is 45.2 Å². The van der Waals surface area contributed by atoms with Gasteiger partial charge in [-0.05, 0) is 29.9 Å². The topological polar surface area (TPSA) is 136 Å². The third-order valence-electron chi connectivity index (χ3n) is 5.46. The Labute approximate surface area is 205 Å². The number of hydroxylamine groups is 2. The zero-order valence-corrected chi connectivity index (χ0v) is 20.0. The minimum Gasteiger partial charge on any atom is -0.480 e. The van der Waals surface area contributed by atoms with Crippen LogP contribution in [0.5, 0.6) is 0 Å². The van der Waals surface area contributed by atoms with Crippen LogP contribution in [0.15, 0.2) is 60.7 Å². The van der Waals surface area contributed by atoms with Crippen LogP contribution < -0.4 is 10.6 Å². The monoisotopic (exact) mass is 483 g/mol. The van der Waals surface area contributed by atoms with Gasteiger partial charge in [-0.1, -0.05) is 74.5 Å². The number of carboxylic acids is 1. The second-order valence-corrected chi connectivity index (χ2v) is 8.89. The van der Waals surface area contributed by atoms with Crippen LogP contribution in [0.2, 0.25) is 0 Å². The number of nitrogens with zero attached hydrogens (tertiary/aromatic N) is 1. The van der Waals surface area contributed by atoms with Crippen LogP contribution in [0.4, 0.5) is 0 Å². The summed E-state index contributed by atoms with van der Waals surface area (Å²) in [4.78, 5) is 49.0. The van der Waals surface area contributed by atoms with Gasteiger partial charge in [-0.15, -0.1) is 0 Å². The Balaban J connectivity index is 2.16. The predicted molar refractivity (Wildman–Crippen MR) is 129 cm³/mol. The van der Waals surface area contributed by atoms with E-state index in [1.165, 1.54) is 0 Å². The molecule has 4 N–H and O–H groups in total. The second-order valence-electron chi connectivity index (χ2n) is 8.89. The molecule has 0 saturated heterocycles. The van der Waals surface area contributed by atoms with Crippen molar-refractivity contribution in [3.05, 3.63) is 71.8 Å². The van der Waals surface area contributed by atoms with Gasteiger partial charge >= 0.3 is 5.97 Å². The summed E-state index contributed by atoms with van der Waals surface area (Å²) < 4.78 is 0. The number of amides is 3. The molecule has 0 saturated carbocycles. The minimum atomic E-state index is -1.18. The van der Waals surface area contributed by atoms with Gasteiger partial charge in [0.2, 0.25) is 18.2 Å². The summed E-state index contributed by atoms with van der Waals surface area (Å²) in [6.07, 6.45) is 0.827. The molecule has 2 aromatic carbocycles. The van der Waals surface area contributed by atoms with Crippen molar-refractivity contribution in [1.82, 2.24) is 15.7 Å². The molecular formula is C26H33N3O6. The molecule has 0 aliphatic heterocycles. The van der Waals surface area contributed by atoms with Crippen molar-refractivity contribution in [3.63, 3.8) is 0 Å². The van der Waals surface area contributed by atoms with E-state index in [2.05, 4.69) is 10.6 Å². The minimum absolute atomic E-state index is 0.0281. The number of nitrogens with one attached hydrogen (secondary N) is 2. The van der Waals surface area contributed by atoms with Gasteiger partial charge in [-0.2, -0.15) is 0 Å². The Morgan fingerprint density at radius 3 is 1.86 bits per heavy atom. The second kappa shape index (κ2) is 13.9. The fourth-order valence-electron chi connectivity index (χ4n) is 3.72. The maximum absolute atomic E-state index is 13.1. The molecule has 9 heteroatoms. The van der Waals surface area contributed by atoms with E-state index >= 15 is 0 Å². The maximum Gasteiger partial charge on any atom is 0.326 e. The lowest BCUT2D eigenvalue weighted by molar-refractivity contribution is -0.154. The highest BCUT2D eigenvalue weighted by Crippen LogP contribution is 2.13. The zero-order valence-electron chi connectivity index (χ0n) is 20.0. The van der Waals surface area contributed by atoms with E-state index in [-0.39, 0.29) is 38.1 Å². The molecule has 0 aliphatic rings. The lowest BCUT2D eigenvalue weighted by atomic mass is 9.96. The van der Waals surface area contributed by atoms with Crippen molar-refractivity contribution in [1.29, 1.82) is 0 Å². The molecule has 0 aliphatic carbocycles. The highest BCUT2D eigenvalue weighted by atomic mass is 16.5. The van der Waals surface area contributed by atoms with Gasteiger partial charge in [0.1, 0.15) is 12.1 Å². The Kier molecular flexibility index (Phi) is 10.9. The summed E-state index contributed by atoms with van der Waals surface area (Å²) in [7, 11) is 0. The fraction of sp³-hybridized carbons (Fsp3) is 0.385. The van der Waals surface area contributed by atoms with Gasteiger partial charge in [0, 0.05) is 6.42 Å². The first-order chi connectivity index (χ1) is 16.7. The summed E-state index contributed by atoms with van der Waals surface area (Å²) in [5.74, 6) is -3.11. The molecule has 2 aromatic rings. The first kappa shape index (κ1) is 27.5. The summed E-state index contributed by atoms with van der Waals surface area (Å²) in [5, 5.41) is 25.0. The molecule has 35 heavy (non-hydrogen) atoms. The summed E-state index contributed by atoms with van der Waals surface area (Å²) >= 11 is 0. The third-order valence-corrected chi connectivity index (χ3v) is 5.46. The number of hydrogen-bond acceptors (Lipinski definition) is 5. The number of hydrogen-bond donors (Lipinski definition) is 4. The van der Waals surface area contributed by atoms with Crippen LogP contribution in [0, 0.1) is 11.8 Å². The van der Waals surface area contributed by atoms with E-state index in [1.807, 2.05) is 50.2 Å². The predicted octanol–water partition coefficient (Wildman–Crippen LogP) is 2.04. The number of aliphatic carboxylic acids is 1. The Morgan fingerprint density at radius 1 is 0.857 bits per heavy atom. The molecule has 0 unspecified atom stereocenters. The van der Waals surface area contributed by atoms with E-state index < -0.39 is 35.8 Å². The highest BCUT2D eigenvalue weighted by molar-refractivity contribution is 5.91. The fourth-order valence-corrected chi connectivity index (χ4v) is 3.72. The quantitative estimate of drug-likeness (QED) is 0.184. The van der Waals surface area contributed by atoms with E-state index in [1.54, 1.807) is 24.3 Å². The summed E-state index contributed by atoms with van der Waals surface area (Å²) in [5.41, 5.74) is 1.58. The average molecular weight is 484 g/mol. The molecular weight excluding hydrogens is 450 g/mol. The van der Waals surface area contributed by atoms with Crippen molar-refractivity contribution in [2.24, 2.45) is 11.8 Å². The van der Waals surface area contributed by atoms with Gasteiger partial charge in [0.25, 0.3) is 0 Å². The smallest absolute Gasteiger partial charge is 0.326 e. The normalized spacial score (nSPS) is 13.4. The first-order valence-corrected chi connectivity index (χ1v) is 11.5. The van der Waals surface area contributed by atoms with Gasteiger partial charge in [-0.25, -0.2) is 9.86 Å². The molecule has 0 fully saturated rings. The lowest BCUT2D eigenvalue weighted by Gasteiger charge is -2.26. The molecule has 0 radical (unpaired) electrons. The maximum atomic E-state index is 13.1. The molecule has 3 atom stereocenters. The number of benzene rings is 2. The van der Waals surface area contributed by atoms with Crippen molar-refractivity contribution >= 4 is 24.2 Å². The van der Waals surface area contributed by atoms with Crippen LogP contribution in [0.25, 0.3) is 0 Å². The van der Waals surface area contributed by atoms with Gasteiger partial charge in [0.05, 0.1) is 12.5 Å². The third kappa shape index (κ3) is 9.58. The molecule has 0 heterocycles. The molecule has 2 rings (SSSR count). The Hall–Kier alpha value is -3.72. The van der Waals surface area contributed by atoms with Gasteiger partial charge < -0.3 is 15.7 Å². The van der Waals surface area contributed by atoms with E-state index in [0.29, 0.717) is 5.06 Å². The lowest BCUT2D eigenvalue weighted by Crippen LogP contribution is -2.54. The van der Waals surface area contributed by atoms with Crippen LogP contribution in [-0.4, -0.2) is 58.2 Å². The number of carbonyl (C=O) groups excluding carboxylic acids is 3. The van der Waals surface area contributed by atoms with E-state index in [4.69, 9.17) is 0 Å². The molecule has 0 bridgehead atoms. The SMILES string of the molecule is CC(C)C[C@H](NC(=O)[C@@H](Cc1ccccc1)CN(O)C=O)C(=O)N[C@@H](Cc1ccccc1)C(=O)O. The number of rotatable bonds is 14. The van der Waals surface area contributed by atoms with Crippen LogP contribution in [-0.2, 0) is 32.0 Å². The summed E-state index contributed by atoms with van der Waals surface area (Å²) in [6, 6.07) is 15.9. The van der Waals surface area contributed by atoms with Crippen molar-refractivity contribution in [2.75, 3.05) is 6.54 Å². The molecule has 0 spiro atoms. The largest absolute Gasteiger partial charge is 0.480 e. The molecule has 0 aromatic heterocycles. The standard InChI is InChI=1S/C26H33N3O6/c1-18(2)13-22(25(32)28-23(26(33)34)15-20-11-7-4-8-12-20)27-24(31)21(16-29(35)17-30)14-19-9-5-3-6-10-19/h3-12,17-18,21-23,35H,13-16H2,1-2H3,(H,27,31)(H,28,32)(H,33,34)/t21-,22-,23-/m0/s1. The Morgan fingerprint density at radius 2 is 1.37 bits per heavy atom. The van der Waals surface area contributed by atoms with E-state index in [0.717, 1.165) is 11.1 Å². The zero-order chi connectivity index (χ0) is 25.8. The van der Waals surface area contributed by atoms with Crippen LogP contribution in [0.1, 0.15) is 31.4 Å². The average Bonchev–Trinajstić information content (AvgIpc) is 2.83. The van der Waals surface area contributed by atoms with Gasteiger partial charge in [0.15, 0.2) is 0 Å². The Bertz CT molecular complexity index is 968. The number of carbonyl (C=O) groups is 4. The van der Waals surface area contributed by atoms with E-state index in [9.17, 15) is 29.5 Å². The van der Waals surface area contributed by atoms with Crippen LogP contribution in [0.3, 0.4) is 0 Å².